The average Bonchev–Trinajstić information content (AvgIpc) is 2.01. The summed E-state index contributed by atoms with van der Waals surface area (Å²) >= 11 is 0. The Hall–Kier alpha value is -1.65. The van der Waals surface area contributed by atoms with Crippen molar-refractivity contribution in [2.45, 2.75) is 13.3 Å². The molecule has 0 saturated heterocycles. The number of ketones is 1. The maximum Gasteiger partial charge on any atom is 0.380 e. The maximum atomic E-state index is 10.8. The summed E-state index contributed by atoms with van der Waals surface area (Å²) in [6, 6.07) is 0. The quantitative estimate of drug-likeness (QED) is 0.271. The van der Waals surface area contributed by atoms with Crippen molar-refractivity contribution >= 4 is 17.7 Å². The van der Waals surface area contributed by atoms with Crippen molar-refractivity contribution in [2.75, 3.05) is 7.11 Å². The van der Waals surface area contributed by atoms with E-state index in [9.17, 15) is 14.4 Å². The first-order chi connectivity index (χ1) is 5.97. The third kappa shape index (κ3) is 4.73. The van der Waals surface area contributed by atoms with Crippen LogP contribution in [0.4, 0.5) is 0 Å². The number of hydrogen-bond donors (Lipinski definition) is 0. The number of carbonyl (C=O) groups excluding carboxylic acids is 3. The molecule has 0 rings (SSSR count). The van der Waals surface area contributed by atoms with Crippen LogP contribution in [0.2, 0.25) is 0 Å². The van der Waals surface area contributed by atoms with Gasteiger partial charge in [0.05, 0.1) is 7.11 Å². The number of rotatable bonds is 4. The van der Waals surface area contributed by atoms with E-state index in [-0.39, 0.29) is 11.5 Å². The van der Waals surface area contributed by atoms with Gasteiger partial charge in [-0.15, -0.1) is 0 Å². The number of hydrogen-bond acceptors (Lipinski definition) is 5. The van der Waals surface area contributed by atoms with Gasteiger partial charge in [0, 0.05) is 0 Å². The molecule has 0 unspecified atom stereocenters. The molecule has 0 aromatic rings. The molecule has 5 nitrogen and oxygen atoms in total. The molecule has 0 spiro atoms. The van der Waals surface area contributed by atoms with E-state index in [0.29, 0.717) is 0 Å². The van der Waals surface area contributed by atoms with E-state index in [4.69, 9.17) is 0 Å². The van der Waals surface area contributed by atoms with Crippen molar-refractivity contribution in [1.29, 1.82) is 0 Å². The standard InChI is InChI=1S/C8H10O5/c1-5(9)4-7(10)13-8(11)6(2)12-3/h2,4H2,1,3H3. The number of ether oxygens (including phenoxy) is 2. The summed E-state index contributed by atoms with van der Waals surface area (Å²) in [6.07, 6.45) is -0.428. The first-order valence-corrected chi connectivity index (χ1v) is 3.44. The van der Waals surface area contributed by atoms with Gasteiger partial charge in [0.1, 0.15) is 12.2 Å². The highest BCUT2D eigenvalue weighted by Crippen LogP contribution is 1.97. The number of methoxy groups -OCH3 is 1. The van der Waals surface area contributed by atoms with Crippen molar-refractivity contribution in [1.82, 2.24) is 0 Å². The molecule has 0 heterocycles. The first kappa shape index (κ1) is 11.4. The highest BCUT2D eigenvalue weighted by atomic mass is 16.6. The summed E-state index contributed by atoms with van der Waals surface area (Å²) in [6.45, 7) is 4.39. The average molecular weight is 186 g/mol. The van der Waals surface area contributed by atoms with Crippen LogP contribution in [-0.2, 0) is 23.9 Å². The highest BCUT2D eigenvalue weighted by molar-refractivity contribution is 6.01. The van der Waals surface area contributed by atoms with E-state index in [0.717, 1.165) is 0 Å². The summed E-state index contributed by atoms with van der Waals surface area (Å²) in [4.78, 5) is 31.9. The van der Waals surface area contributed by atoms with E-state index in [1.807, 2.05) is 0 Å². The Morgan fingerprint density at radius 2 is 1.85 bits per heavy atom. The summed E-state index contributed by atoms with van der Waals surface area (Å²) in [5, 5.41) is 0. The van der Waals surface area contributed by atoms with E-state index in [1.54, 1.807) is 0 Å². The molecule has 0 aliphatic heterocycles. The minimum Gasteiger partial charge on any atom is -0.490 e. The van der Waals surface area contributed by atoms with Crippen molar-refractivity contribution in [2.24, 2.45) is 0 Å². The predicted octanol–water partition coefficient (Wildman–Crippen LogP) is 0.195. The topological polar surface area (TPSA) is 69.7 Å². The second-order valence-electron chi connectivity index (χ2n) is 2.27. The van der Waals surface area contributed by atoms with Crippen LogP contribution >= 0.6 is 0 Å². The molecule has 5 heteroatoms. The lowest BCUT2D eigenvalue weighted by Crippen LogP contribution is -2.16. The van der Waals surface area contributed by atoms with Crippen LogP contribution in [-0.4, -0.2) is 24.8 Å². The number of carbonyl (C=O) groups is 3. The summed E-state index contributed by atoms with van der Waals surface area (Å²) in [7, 11) is 1.22. The second kappa shape index (κ2) is 5.08. The van der Waals surface area contributed by atoms with Crippen molar-refractivity contribution in [3.05, 3.63) is 12.3 Å². The van der Waals surface area contributed by atoms with Crippen LogP contribution in [0.1, 0.15) is 13.3 Å². The molecule has 72 valence electrons. The van der Waals surface area contributed by atoms with Gasteiger partial charge in [0.2, 0.25) is 0 Å². The Bertz CT molecular complexity index is 253. The Morgan fingerprint density at radius 3 is 2.23 bits per heavy atom. The van der Waals surface area contributed by atoms with Gasteiger partial charge >= 0.3 is 11.9 Å². The van der Waals surface area contributed by atoms with E-state index >= 15 is 0 Å². The fourth-order valence-electron chi connectivity index (χ4n) is 0.483. The van der Waals surface area contributed by atoms with Gasteiger partial charge in [-0.3, -0.25) is 9.59 Å². The summed E-state index contributed by atoms with van der Waals surface area (Å²) in [5.74, 6) is -2.54. The van der Waals surface area contributed by atoms with Crippen LogP contribution in [0.5, 0.6) is 0 Å². The smallest absolute Gasteiger partial charge is 0.380 e. The molecule has 0 radical (unpaired) electrons. The van der Waals surface area contributed by atoms with Crippen LogP contribution < -0.4 is 0 Å². The molecular weight excluding hydrogens is 176 g/mol. The van der Waals surface area contributed by atoms with E-state index in [1.165, 1.54) is 14.0 Å². The van der Waals surface area contributed by atoms with Crippen LogP contribution in [0, 0.1) is 0 Å². The molecule has 0 fully saturated rings. The fraction of sp³-hybridized carbons (Fsp3) is 0.375. The fourth-order valence-corrected chi connectivity index (χ4v) is 0.483. The third-order valence-corrected chi connectivity index (χ3v) is 1.07. The van der Waals surface area contributed by atoms with Gasteiger partial charge in [0.25, 0.3) is 0 Å². The van der Waals surface area contributed by atoms with Crippen molar-refractivity contribution < 1.29 is 23.9 Å². The Balaban J connectivity index is 3.99. The zero-order valence-corrected chi connectivity index (χ0v) is 7.46. The van der Waals surface area contributed by atoms with Gasteiger partial charge < -0.3 is 9.47 Å². The largest absolute Gasteiger partial charge is 0.490 e. The van der Waals surface area contributed by atoms with E-state index in [2.05, 4.69) is 16.1 Å². The molecule has 13 heavy (non-hydrogen) atoms. The van der Waals surface area contributed by atoms with Crippen LogP contribution in [0.15, 0.2) is 12.3 Å². The Labute approximate surface area is 75.3 Å². The second-order valence-corrected chi connectivity index (χ2v) is 2.27. The Morgan fingerprint density at radius 1 is 1.31 bits per heavy atom. The van der Waals surface area contributed by atoms with Gasteiger partial charge in [-0.25, -0.2) is 4.79 Å². The molecule has 0 atom stereocenters. The van der Waals surface area contributed by atoms with Crippen LogP contribution in [0.3, 0.4) is 0 Å². The lowest BCUT2D eigenvalue weighted by Gasteiger charge is -2.02. The predicted molar refractivity (Wildman–Crippen MR) is 42.5 cm³/mol. The number of esters is 2. The summed E-state index contributed by atoms with van der Waals surface area (Å²) < 4.78 is 8.60. The monoisotopic (exact) mass is 186 g/mol. The van der Waals surface area contributed by atoms with Gasteiger partial charge in [-0.1, -0.05) is 0 Å². The molecule has 0 bridgehead atoms. The molecule has 0 aromatic heterocycles. The zero-order chi connectivity index (χ0) is 10.4. The Kier molecular flexibility index (Phi) is 4.43. The normalized spacial score (nSPS) is 8.77. The lowest BCUT2D eigenvalue weighted by molar-refractivity contribution is -0.159. The van der Waals surface area contributed by atoms with Crippen molar-refractivity contribution in [3.8, 4) is 0 Å². The van der Waals surface area contributed by atoms with Gasteiger partial charge in [0.15, 0.2) is 5.76 Å². The molecule has 0 aliphatic carbocycles. The van der Waals surface area contributed by atoms with E-state index < -0.39 is 18.4 Å². The summed E-state index contributed by atoms with van der Waals surface area (Å²) in [5.41, 5.74) is 0. The lowest BCUT2D eigenvalue weighted by atomic mass is 10.3. The van der Waals surface area contributed by atoms with Crippen molar-refractivity contribution in [3.63, 3.8) is 0 Å². The first-order valence-electron chi connectivity index (χ1n) is 3.44. The molecule has 0 aromatic carbocycles. The third-order valence-electron chi connectivity index (χ3n) is 1.07. The maximum absolute atomic E-state index is 10.8. The number of Topliss-reactive ketones (excluding diaryl/α,β-unsaturated/α-hetero) is 1. The van der Waals surface area contributed by atoms with Gasteiger partial charge in [-0.05, 0) is 13.5 Å². The SMILES string of the molecule is C=C(OC)C(=O)OC(=O)CC(C)=O. The van der Waals surface area contributed by atoms with Gasteiger partial charge in [-0.2, -0.15) is 0 Å². The highest BCUT2D eigenvalue weighted by Gasteiger charge is 2.15. The van der Waals surface area contributed by atoms with Crippen LogP contribution in [0.25, 0.3) is 0 Å². The molecule has 0 N–H and O–H groups in total. The molecule has 0 saturated carbocycles. The molecular formula is C8H10O5. The minimum absolute atomic E-state index is 0.281. The molecule has 0 amide bonds. The molecule has 0 aliphatic rings. The minimum atomic E-state index is -0.978. The zero-order valence-electron chi connectivity index (χ0n) is 7.46.